The van der Waals surface area contributed by atoms with Crippen LogP contribution in [0.4, 0.5) is 0 Å². The lowest BCUT2D eigenvalue weighted by Gasteiger charge is -2.32. The summed E-state index contributed by atoms with van der Waals surface area (Å²) in [6.45, 7) is -6.38. The van der Waals surface area contributed by atoms with Crippen LogP contribution in [-0.2, 0) is 9.84 Å². The van der Waals surface area contributed by atoms with E-state index >= 15 is 0 Å². The smallest absolute Gasteiger partial charge is 0.175 e. The van der Waals surface area contributed by atoms with Crippen LogP contribution < -0.4 is 0 Å². The molecule has 1 aliphatic rings. The zero-order chi connectivity index (χ0) is 23.4. The number of benzene rings is 1. The van der Waals surface area contributed by atoms with Gasteiger partial charge in [0.15, 0.2) is 9.84 Å². The van der Waals surface area contributed by atoms with Crippen LogP contribution >= 0.6 is 0 Å². The van der Waals surface area contributed by atoms with Gasteiger partial charge in [0.2, 0.25) is 0 Å². The molecule has 4 heteroatoms. The van der Waals surface area contributed by atoms with Crippen molar-refractivity contribution in [1.82, 2.24) is 4.90 Å². The molecule has 1 heterocycles. The van der Waals surface area contributed by atoms with E-state index in [-0.39, 0.29) is 25.1 Å². The molecule has 1 saturated heterocycles. The van der Waals surface area contributed by atoms with Crippen molar-refractivity contribution in [3.8, 4) is 0 Å². The molecule has 1 aromatic rings. The largest absolute Gasteiger partial charge is 0.303 e. The molecule has 1 fully saturated rings. The van der Waals surface area contributed by atoms with Gasteiger partial charge in [-0.15, -0.1) is 0 Å². The number of nitrogens with zero attached hydrogens (tertiary/aromatic N) is 1. The highest BCUT2D eigenvalue weighted by Gasteiger charge is 2.21. The minimum atomic E-state index is -4.05. The van der Waals surface area contributed by atoms with E-state index in [9.17, 15) is 8.42 Å². The van der Waals surface area contributed by atoms with E-state index in [1.54, 1.807) is 0 Å². The van der Waals surface area contributed by atoms with Crippen molar-refractivity contribution in [2.75, 3.05) is 25.8 Å². The van der Waals surface area contributed by atoms with E-state index in [1.807, 2.05) is 0 Å². The molecule has 0 aliphatic carbocycles. The molecule has 0 spiro atoms. The van der Waals surface area contributed by atoms with Crippen LogP contribution in [0.3, 0.4) is 0 Å². The molecule has 106 valence electrons. The summed E-state index contributed by atoms with van der Waals surface area (Å²) < 4.78 is 110. The van der Waals surface area contributed by atoms with Gasteiger partial charge in [-0.1, -0.05) is 18.9 Å². The normalized spacial score (nSPS) is 32.1. The van der Waals surface area contributed by atoms with Gasteiger partial charge in [-0.05, 0) is 55.8 Å². The van der Waals surface area contributed by atoms with Crippen molar-refractivity contribution in [2.24, 2.45) is 0 Å². The Kier molecular flexibility index (Phi) is 1.87. The summed E-state index contributed by atoms with van der Waals surface area (Å²) in [5.74, 6) is -0.800. The second kappa shape index (κ2) is 6.06. The number of rotatable bonds is 4. The van der Waals surface area contributed by atoms with Gasteiger partial charge in [-0.2, -0.15) is 0 Å². The Hall–Kier alpha value is -0.870. The average Bonchev–Trinajstić information content (AvgIpc) is 2.58. The molecule has 2 rings (SSSR count). The number of sulfone groups is 1. The fourth-order valence-electron chi connectivity index (χ4n) is 2.12. The summed E-state index contributed by atoms with van der Waals surface area (Å²) in [4.78, 5) is 0.307. The van der Waals surface area contributed by atoms with Gasteiger partial charge in [0.1, 0.15) is 0 Å². The molecule has 0 amide bonds. The van der Waals surface area contributed by atoms with Gasteiger partial charge in [0.25, 0.3) is 0 Å². The fourth-order valence-corrected chi connectivity index (χ4v) is 2.65. The topological polar surface area (TPSA) is 37.4 Å². The van der Waals surface area contributed by atoms with E-state index in [1.165, 1.54) is 0 Å². The number of hydrogen-bond acceptors (Lipinski definition) is 3. The molecule has 0 unspecified atom stereocenters. The molecule has 0 N–H and O–H groups in total. The summed E-state index contributed by atoms with van der Waals surface area (Å²) in [6.07, 6.45) is -1.83. The lowest BCUT2D eigenvalue weighted by molar-refractivity contribution is 0.208. The molecule has 19 heavy (non-hydrogen) atoms. The second-order valence-corrected chi connectivity index (χ2v) is 6.49. The van der Waals surface area contributed by atoms with Crippen LogP contribution in [0.2, 0.25) is 0 Å². The van der Waals surface area contributed by atoms with Gasteiger partial charge in [0, 0.05) is 22.4 Å². The summed E-state index contributed by atoms with van der Waals surface area (Å²) in [6, 6.07) is -2.53. The number of hydrogen-bond donors (Lipinski definition) is 0. The van der Waals surface area contributed by atoms with E-state index < -0.39 is 64.5 Å². The van der Waals surface area contributed by atoms with Crippen molar-refractivity contribution >= 4 is 9.84 Å². The third kappa shape index (κ3) is 3.80. The first-order chi connectivity index (χ1) is 13.4. The summed E-state index contributed by atoms with van der Waals surface area (Å²) in [5, 5.41) is 0. The van der Waals surface area contributed by atoms with Crippen molar-refractivity contribution < 1.29 is 23.5 Å². The highest BCUT2D eigenvalue weighted by atomic mass is 32.2. The molecular formula is C15H23NO2S. The van der Waals surface area contributed by atoms with E-state index in [0.717, 1.165) is 11.2 Å². The Balaban J connectivity index is 2.57. The van der Waals surface area contributed by atoms with Crippen LogP contribution in [0.1, 0.15) is 52.6 Å². The maximum Gasteiger partial charge on any atom is 0.175 e. The third-order valence-electron chi connectivity index (χ3n) is 3.04. The van der Waals surface area contributed by atoms with E-state index in [2.05, 4.69) is 0 Å². The second-order valence-electron chi connectivity index (χ2n) is 4.54. The van der Waals surface area contributed by atoms with Crippen molar-refractivity contribution in [1.29, 1.82) is 0 Å². The van der Waals surface area contributed by atoms with Gasteiger partial charge in [0.05, 0.1) is 10.4 Å². The molecule has 0 saturated carbocycles. The zero-order valence-corrected chi connectivity index (χ0v) is 11.4. The molecule has 0 bridgehead atoms. The number of piperidine rings is 1. The Morgan fingerprint density at radius 2 is 2.42 bits per heavy atom. The van der Waals surface area contributed by atoms with Gasteiger partial charge >= 0.3 is 0 Å². The lowest BCUT2D eigenvalue weighted by atomic mass is 9.90. The maximum atomic E-state index is 12.1. The molecule has 0 aromatic heterocycles. The Labute approximate surface area is 132 Å². The van der Waals surface area contributed by atoms with E-state index in [0.29, 0.717) is 6.42 Å². The minimum absolute atomic E-state index is 0.0307. The van der Waals surface area contributed by atoms with Crippen molar-refractivity contribution in [3.05, 3.63) is 29.7 Å². The van der Waals surface area contributed by atoms with Crippen molar-refractivity contribution in [2.45, 2.75) is 36.9 Å². The first-order valence-corrected chi connectivity index (χ1v) is 7.80. The van der Waals surface area contributed by atoms with Crippen LogP contribution in [0.25, 0.3) is 0 Å². The predicted molar refractivity (Wildman–Crippen MR) is 78.3 cm³/mol. The van der Waals surface area contributed by atoms with Crippen LogP contribution in [0, 0.1) is 0 Å². The average molecular weight is 292 g/mol. The molecule has 1 aliphatic heterocycles. The zero-order valence-electron chi connectivity index (χ0n) is 21.6. The SMILES string of the molecule is [2H]c1c([2H])c([C@@H]2CCCN(C([2H])([2H])C([2H])([2H])C([2H])([2H])[2H])C2)c([2H])c(S(C)(=O)=O)c1[2H]. The minimum Gasteiger partial charge on any atom is -0.303 e. The molecule has 3 nitrogen and oxygen atoms in total. The summed E-state index contributed by atoms with van der Waals surface area (Å²) in [7, 11) is -4.05. The molecule has 1 atom stereocenters. The quantitative estimate of drug-likeness (QED) is 0.856. The van der Waals surface area contributed by atoms with Crippen LogP contribution in [-0.4, -0.2) is 39.2 Å². The standard InChI is InChI=1S/C15H23NO2S/c1-3-9-16-10-5-7-14(12-16)13-6-4-8-15(11-13)19(2,17)18/h4,6,8,11,14H,3,5,7,9-10,12H2,1-2H3/t14-/m1/s1/i1D3,3D2,4D,6D,8D,9D2,11D. The van der Waals surface area contributed by atoms with Gasteiger partial charge < -0.3 is 4.90 Å². The summed E-state index contributed by atoms with van der Waals surface area (Å²) >= 11 is 0. The third-order valence-corrected chi connectivity index (χ3v) is 3.98. The first-order valence-electron chi connectivity index (χ1n) is 11.4. The fraction of sp³-hybridized carbons (Fsp3) is 0.600. The highest BCUT2D eigenvalue weighted by Crippen LogP contribution is 2.28. The Morgan fingerprint density at radius 1 is 1.58 bits per heavy atom. The molecule has 1 aromatic carbocycles. The molecular weight excluding hydrogens is 258 g/mol. The molecule has 0 radical (unpaired) electrons. The first kappa shape index (κ1) is 5.86. The van der Waals surface area contributed by atoms with Crippen molar-refractivity contribution in [3.63, 3.8) is 0 Å². The monoisotopic (exact) mass is 292 g/mol. The summed E-state index contributed by atoms with van der Waals surface area (Å²) in [5.41, 5.74) is -0.133. The van der Waals surface area contributed by atoms with E-state index in [4.69, 9.17) is 15.1 Å². The Bertz CT molecular complexity index is 943. The highest BCUT2D eigenvalue weighted by molar-refractivity contribution is 7.90. The van der Waals surface area contributed by atoms with Gasteiger partial charge in [-0.25, -0.2) is 8.42 Å². The lowest BCUT2D eigenvalue weighted by Crippen LogP contribution is -2.34. The predicted octanol–water partition coefficient (Wildman–Crippen LogP) is 2.68. The van der Waals surface area contributed by atoms with Gasteiger partial charge in [-0.3, -0.25) is 0 Å². The maximum absolute atomic E-state index is 12.1. The van der Waals surface area contributed by atoms with Crippen LogP contribution in [0.15, 0.2) is 29.1 Å². The Morgan fingerprint density at radius 3 is 3.16 bits per heavy atom. The van der Waals surface area contributed by atoms with Crippen LogP contribution in [0.5, 0.6) is 0 Å². The number of likely N-dealkylation sites (tertiary alicyclic amines) is 1.